The second-order valence-electron chi connectivity index (χ2n) is 6.61. The number of nitrogens with one attached hydrogen (secondary N) is 2. The Balaban J connectivity index is 1.34. The Morgan fingerprint density at radius 1 is 0.742 bits per heavy atom. The number of benzene rings is 3. The van der Waals surface area contributed by atoms with E-state index in [2.05, 4.69) is 10.6 Å². The number of carbonyl (C=O) groups is 2. The van der Waals surface area contributed by atoms with E-state index in [1.54, 1.807) is 31.4 Å². The van der Waals surface area contributed by atoms with Crippen LogP contribution in [-0.2, 0) is 20.9 Å². The average Bonchev–Trinajstić information content (AvgIpc) is 2.80. The Morgan fingerprint density at radius 3 is 2.03 bits per heavy atom. The van der Waals surface area contributed by atoms with Crippen molar-refractivity contribution in [2.24, 2.45) is 0 Å². The molecule has 3 aromatic carbocycles. The fraction of sp³-hybridized carbons (Fsp3) is 0.167. The van der Waals surface area contributed by atoms with Gasteiger partial charge in [0.2, 0.25) is 11.8 Å². The van der Waals surface area contributed by atoms with Gasteiger partial charge in [-0.25, -0.2) is 0 Å². The summed E-state index contributed by atoms with van der Waals surface area (Å²) in [5.41, 5.74) is 1.55. The molecule has 0 spiro atoms. The van der Waals surface area contributed by atoms with E-state index in [4.69, 9.17) is 14.2 Å². The number of carbonyl (C=O) groups excluding carboxylic acids is 2. The molecule has 0 aliphatic carbocycles. The summed E-state index contributed by atoms with van der Waals surface area (Å²) >= 11 is 0. The number of hydrogen-bond donors (Lipinski definition) is 2. The summed E-state index contributed by atoms with van der Waals surface area (Å²) in [7, 11) is 1.60. The lowest BCUT2D eigenvalue weighted by molar-refractivity contribution is -0.128. The summed E-state index contributed by atoms with van der Waals surface area (Å²) < 4.78 is 16.0. The molecule has 3 aromatic rings. The number of rotatable bonds is 10. The number of amides is 2. The molecular weight excluding hydrogens is 396 g/mol. The highest BCUT2D eigenvalue weighted by atomic mass is 16.5. The zero-order valence-corrected chi connectivity index (χ0v) is 17.2. The van der Waals surface area contributed by atoms with E-state index in [-0.39, 0.29) is 25.0 Å². The highest BCUT2D eigenvalue weighted by Crippen LogP contribution is 2.22. The van der Waals surface area contributed by atoms with Crippen molar-refractivity contribution in [2.75, 3.05) is 25.6 Å². The molecule has 0 saturated heterocycles. The molecule has 0 saturated carbocycles. The average molecular weight is 420 g/mol. The van der Waals surface area contributed by atoms with Gasteiger partial charge in [-0.3, -0.25) is 9.59 Å². The summed E-state index contributed by atoms with van der Waals surface area (Å²) in [5, 5.41) is 5.45. The molecular formula is C24H24N2O5. The SMILES string of the molecule is COc1ccc(CNC(=O)COCC(=O)Nc2ccc(Oc3ccccc3)cc2)cc1. The number of ether oxygens (including phenoxy) is 3. The van der Waals surface area contributed by atoms with Crippen molar-refractivity contribution in [2.45, 2.75) is 6.54 Å². The first kappa shape index (κ1) is 21.9. The highest BCUT2D eigenvalue weighted by Gasteiger charge is 2.07. The second kappa shape index (κ2) is 11.4. The van der Waals surface area contributed by atoms with Gasteiger partial charge >= 0.3 is 0 Å². The van der Waals surface area contributed by atoms with Crippen LogP contribution < -0.4 is 20.1 Å². The van der Waals surface area contributed by atoms with Crippen molar-refractivity contribution >= 4 is 17.5 Å². The minimum absolute atomic E-state index is 0.201. The zero-order valence-electron chi connectivity index (χ0n) is 17.2. The van der Waals surface area contributed by atoms with Gasteiger partial charge in [0.15, 0.2) is 0 Å². The standard InChI is InChI=1S/C24H24N2O5/c1-29-20-11-7-18(8-12-20)15-25-23(27)16-30-17-24(28)26-19-9-13-22(14-10-19)31-21-5-3-2-4-6-21/h2-14H,15-17H2,1H3,(H,25,27)(H,26,28). The Morgan fingerprint density at radius 2 is 1.35 bits per heavy atom. The van der Waals surface area contributed by atoms with Crippen LogP contribution in [0.2, 0.25) is 0 Å². The highest BCUT2D eigenvalue weighted by molar-refractivity contribution is 5.92. The number of hydrogen-bond acceptors (Lipinski definition) is 5. The molecule has 0 radical (unpaired) electrons. The Bertz CT molecular complexity index is 973. The maximum Gasteiger partial charge on any atom is 0.250 e. The fourth-order valence-corrected chi connectivity index (χ4v) is 2.66. The van der Waals surface area contributed by atoms with Gasteiger partial charge in [-0.15, -0.1) is 0 Å². The van der Waals surface area contributed by atoms with E-state index in [9.17, 15) is 9.59 Å². The lowest BCUT2D eigenvalue weighted by Gasteiger charge is -2.09. The Kier molecular flexibility index (Phi) is 8.02. The minimum Gasteiger partial charge on any atom is -0.497 e. The van der Waals surface area contributed by atoms with Crippen LogP contribution in [0, 0.1) is 0 Å². The van der Waals surface area contributed by atoms with Crippen molar-refractivity contribution in [3.05, 3.63) is 84.4 Å². The molecule has 7 heteroatoms. The van der Waals surface area contributed by atoms with Gasteiger partial charge in [0.25, 0.3) is 0 Å². The van der Waals surface area contributed by atoms with E-state index in [1.807, 2.05) is 54.6 Å². The third-order valence-electron chi connectivity index (χ3n) is 4.23. The summed E-state index contributed by atoms with van der Waals surface area (Å²) in [6, 6.07) is 23.8. The van der Waals surface area contributed by atoms with Crippen molar-refractivity contribution in [3.8, 4) is 17.2 Å². The third kappa shape index (κ3) is 7.49. The van der Waals surface area contributed by atoms with Crippen molar-refractivity contribution in [1.29, 1.82) is 0 Å². The molecule has 3 rings (SSSR count). The van der Waals surface area contributed by atoms with Crippen LogP contribution in [0.3, 0.4) is 0 Å². The maximum absolute atomic E-state index is 12.0. The quantitative estimate of drug-likeness (QED) is 0.522. The normalized spacial score (nSPS) is 10.2. The second-order valence-corrected chi connectivity index (χ2v) is 6.61. The molecule has 7 nitrogen and oxygen atoms in total. The first-order chi connectivity index (χ1) is 15.1. The van der Waals surface area contributed by atoms with Crippen LogP contribution in [0.1, 0.15) is 5.56 Å². The molecule has 2 N–H and O–H groups in total. The van der Waals surface area contributed by atoms with E-state index < -0.39 is 0 Å². The molecule has 0 bridgehead atoms. The summed E-state index contributed by atoms with van der Waals surface area (Å²) in [6.07, 6.45) is 0. The molecule has 0 aliphatic heterocycles. The summed E-state index contributed by atoms with van der Waals surface area (Å²) in [5.74, 6) is 1.50. The Labute approximate surface area is 180 Å². The first-order valence-corrected chi connectivity index (χ1v) is 9.72. The number of methoxy groups -OCH3 is 1. The molecule has 2 amide bonds. The monoisotopic (exact) mass is 420 g/mol. The number of para-hydroxylation sites is 1. The smallest absolute Gasteiger partial charge is 0.250 e. The van der Waals surface area contributed by atoms with E-state index in [1.165, 1.54) is 0 Å². The van der Waals surface area contributed by atoms with Crippen LogP contribution in [0.25, 0.3) is 0 Å². The van der Waals surface area contributed by atoms with Gasteiger partial charge in [0.1, 0.15) is 30.5 Å². The molecule has 0 fully saturated rings. The van der Waals surface area contributed by atoms with Gasteiger partial charge < -0.3 is 24.8 Å². The first-order valence-electron chi connectivity index (χ1n) is 9.72. The molecule has 0 atom stereocenters. The topological polar surface area (TPSA) is 85.9 Å². The predicted molar refractivity (Wildman–Crippen MR) is 117 cm³/mol. The van der Waals surface area contributed by atoms with Crippen LogP contribution >= 0.6 is 0 Å². The predicted octanol–water partition coefficient (Wildman–Crippen LogP) is 3.76. The lowest BCUT2D eigenvalue weighted by atomic mass is 10.2. The maximum atomic E-state index is 12.0. The lowest BCUT2D eigenvalue weighted by Crippen LogP contribution is -2.29. The summed E-state index contributed by atoms with van der Waals surface area (Å²) in [6.45, 7) is -0.0541. The van der Waals surface area contributed by atoms with E-state index in [0.717, 1.165) is 17.1 Å². The number of anilines is 1. The van der Waals surface area contributed by atoms with Gasteiger partial charge in [-0.1, -0.05) is 30.3 Å². The van der Waals surface area contributed by atoms with E-state index >= 15 is 0 Å². The molecule has 160 valence electrons. The third-order valence-corrected chi connectivity index (χ3v) is 4.23. The molecule has 31 heavy (non-hydrogen) atoms. The van der Waals surface area contributed by atoms with Gasteiger partial charge in [0.05, 0.1) is 7.11 Å². The van der Waals surface area contributed by atoms with Gasteiger partial charge in [-0.05, 0) is 54.1 Å². The molecule has 0 aromatic heterocycles. The minimum atomic E-state index is -0.348. The van der Waals surface area contributed by atoms with Crippen LogP contribution in [-0.4, -0.2) is 32.1 Å². The van der Waals surface area contributed by atoms with Crippen LogP contribution in [0.4, 0.5) is 5.69 Å². The molecule has 0 heterocycles. The van der Waals surface area contributed by atoms with Crippen molar-refractivity contribution in [1.82, 2.24) is 5.32 Å². The van der Waals surface area contributed by atoms with Gasteiger partial charge in [0, 0.05) is 12.2 Å². The zero-order chi connectivity index (χ0) is 21.9. The van der Waals surface area contributed by atoms with Crippen molar-refractivity contribution in [3.63, 3.8) is 0 Å². The van der Waals surface area contributed by atoms with Crippen LogP contribution in [0.5, 0.6) is 17.2 Å². The largest absolute Gasteiger partial charge is 0.497 e. The van der Waals surface area contributed by atoms with Crippen LogP contribution in [0.15, 0.2) is 78.9 Å². The van der Waals surface area contributed by atoms with Crippen molar-refractivity contribution < 1.29 is 23.8 Å². The van der Waals surface area contributed by atoms with Gasteiger partial charge in [-0.2, -0.15) is 0 Å². The van der Waals surface area contributed by atoms with E-state index in [0.29, 0.717) is 18.0 Å². The fourth-order valence-electron chi connectivity index (χ4n) is 2.66. The molecule has 0 aliphatic rings. The Hall–Kier alpha value is -3.84. The molecule has 0 unspecified atom stereocenters. The summed E-state index contributed by atoms with van der Waals surface area (Å²) in [4.78, 5) is 23.9.